The highest BCUT2D eigenvalue weighted by molar-refractivity contribution is 8.00. The van der Waals surface area contributed by atoms with Gasteiger partial charge in [0, 0.05) is 12.2 Å². The molecule has 122 valence electrons. The molecule has 0 bridgehead atoms. The highest BCUT2D eigenvalue weighted by Gasteiger charge is 2.18. The highest BCUT2D eigenvalue weighted by atomic mass is 32.2. The van der Waals surface area contributed by atoms with Crippen LogP contribution in [-0.4, -0.2) is 25.9 Å². The van der Waals surface area contributed by atoms with Gasteiger partial charge in [-0.25, -0.2) is 0 Å². The van der Waals surface area contributed by atoms with Crippen molar-refractivity contribution >= 4 is 23.4 Å². The van der Waals surface area contributed by atoms with Gasteiger partial charge >= 0.3 is 0 Å². The number of hydrogen-bond donors (Lipinski definition) is 1. The lowest BCUT2D eigenvalue weighted by Crippen LogP contribution is -2.23. The molecule has 1 unspecified atom stereocenters. The van der Waals surface area contributed by atoms with Gasteiger partial charge in [-0.1, -0.05) is 36.9 Å². The maximum Gasteiger partial charge on any atom is 0.237 e. The standard InChI is InChI=1S/C17H22N4OS/c1-5-11-21-13(4)19-20-17(21)23-12(3)16(22)18-15-9-7-14(6-2)8-10-15/h5,7-10,12H,1,6,11H2,2-4H3,(H,18,22). The molecule has 0 fully saturated rings. The van der Waals surface area contributed by atoms with Gasteiger partial charge in [0.2, 0.25) is 5.91 Å². The van der Waals surface area contributed by atoms with Crippen molar-refractivity contribution in [3.05, 3.63) is 48.3 Å². The minimum atomic E-state index is -0.270. The Balaban J connectivity index is 2.00. The van der Waals surface area contributed by atoms with Crippen LogP contribution in [0.5, 0.6) is 0 Å². The van der Waals surface area contributed by atoms with Gasteiger partial charge in [-0.05, 0) is 38.0 Å². The van der Waals surface area contributed by atoms with E-state index in [9.17, 15) is 4.79 Å². The number of carbonyl (C=O) groups excluding carboxylic acids is 1. The minimum absolute atomic E-state index is 0.0509. The van der Waals surface area contributed by atoms with Crippen LogP contribution in [0.15, 0.2) is 42.1 Å². The topological polar surface area (TPSA) is 59.8 Å². The Labute approximate surface area is 141 Å². The normalized spacial score (nSPS) is 12.0. The van der Waals surface area contributed by atoms with Gasteiger partial charge in [0.25, 0.3) is 0 Å². The first-order valence-corrected chi connectivity index (χ1v) is 8.50. The molecule has 0 aliphatic rings. The summed E-state index contributed by atoms with van der Waals surface area (Å²) in [4.78, 5) is 12.3. The van der Waals surface area contributed by atoms with Crippen LogP contribution in [-0.2, 0) is 17.8 Å². The molecule has 1 aromatic carbocycles. The van der Waals surface area contributed by atoms with E-state index in [0.717, 1.165) is 23.1 Å². The molecule has 2 aromatic rings. The van der Waals surface area contributed by atoms with Crippen molar-refractivity contribution in [1.82, 2.24) is 14.8 Å². The molecule has 1 amide bonds. The van der Waals surface area contributed by atoms with Crippen LogP contribution in [0.4, 0.5) is 5.69 Å². The first kappa shape index (κ1) is 17.3. The fourth-order valence-electron chi connectivity index (χ4n) is 2.07. The zero-order valence-electron chi connectivity index (χ0n) is 13.7. The third-order valence-corrected chi connectivity index (χ3v) is 4.58. The molecule has 1 N–H and O–H groups in total. The molecule has 23 heavy (non-hydrogen) atoms. The zero-order chi connectivity index (χ0) is 16.8. The van der Waals surface area contributed by atoms with Crippen LogP contribution in [0.25, 0.3) is 0 Å². The second-order valence-corrected chi connectivity index (χ2v) is 6.54. The van der Waals surface area contributed by atoms with Gasteiger partial charge < -0.3 is 9.88 Å². The van der Waals surface area contributed by atoms with Crippen molar-refractivity contribution in [2.75, 3.05) is 5.32 Å². The van der Waals surface area contributed by atoms with Crippen molar-refractivity contribution in [3.63, 3.8) is 0 Å². The summed E-state index contributed by atoms with van der Waals surface area (Å²) in [5.74, 6) is 0.764. The van der Waals surface area contributed by atoms with Gasteiger partial charge in [-0.3, -0.25) is 4.79 Å². The average molecular weight is 330 g/mol. The van der Waals surface area contributed by atoms with E-state index in [1.807, 2.05) is 42.7 Å². The molecule has 1 aromatic heterocycles. The van der Waals surface area contributed by atoms with E-state index in [1.165, 1.54) is 17.3 Å². The zero-order valence-corrected chi connectivity index (χ0v) is 14.6. The summed E-state index contributed by atoms with van der Waals surface area (Å²) in [7, 11) is 0. The van der Waals surface area contributed by atoms with Crippen molar-refractivity contribution in [1.29, 1.82) is 0 Å². The average Bonchev–Trinajstić information content (AvgIpc) is 2.89. The predicted octanol–water partition coefficient (Wildman–Crippen LogP) is 3.45. The van der Waals surface area contributed by atoms with E-state index in [4.69, 9.17) is 0 Å². The number of carbonyl (C=O) groups is 1. The van der Waals surface area contributed by atoms with Gasteiger partial charge in [0.05, 0.1) is 5.25 Å². The Hall–Kier alpha value is -2.08. The Morgan fingerprint density at radius 1 is 1.39 bits per heavy atom. The fourth-order valence-corrected chi connectivity index (χ4v) is 2.97. The van der Waals surface area contributed by atoms with E-state index < -0.39 is 0 Å². The Bertz CT molecular complexity index is 678. The van der Waals surface area contributed by atoms with Crippen LogP contribution in [0.3, 0.4) is 0 Å². The summed E-state index contributed by atoms with van der Waals surface area (Å²) in [6, 6.07) is 7.91. The van der Waals surface area contributed by atoms with Crippen LogP contribution >= 0.6 is 11.8 Å². The number of thioether (sulfide) groups is 1. The smallest absolute Gasteiger partial charge is 0.237 e. The maximum absolute atomic E-state index is 12.3. The number of aryl methyl sites for hydroxylation is 2. The number of allylic oxidation sites excluding steroid dienone is 1. The van der Waals surface area contributed by atoms with Gasteiger partial charge in [-0.2, -0.15) is 0 Å². The first-order chi connectivity index (χ1) is 11.0. The molecule has 0 saturated heterocycles. The Morgan fingerprint density at radius 3 is 2.70 bits per heavy atom. The van der Waals surface area contributed by atoms with Crippen molar-refractivity contribution in [3.8, 4) is 0 Å². The Kier molecular flexibility index (Phi) is 5.98. The largest absolute Gasteiger partial charge is 0.325 e. The lowest BCUT2D eigenvalue weighted by molar-refractivity contribution is -0.115. The van der Waals surface area contributed by atoms with Crippen LogP contribution in [0.2, 0.25) is 0 Å². The third kappa shape index (κ3) is 4.45. The van der Waals surface area contributed by atoms with Crippen molar-refractivity contribution in [2.24, 2.45) is 0 Å². The molecule has 1 heterocycles. The van der Waals surface area contributed by atoms with Crippen molar-refractivity contribution in [2.45, 2.75) is 44.1 Å². The molecule has 6 heteroatoms. The summed E-state index contributed by atoms with van der Waals surface area (Å²) < 4.78 is 1.94. The van der Waals surface area contributed by atoms with Crippen LogP contribution < -0.4 is 5.32 Å². The summed E-state index contributed by atoms with van der Waals surface area (Å²) in [6.07, 6.45) is 2.78. The molecule has 5 nitrogen and oxygen atoms in total. The number of aromatic nitrogens is 3. The summed E-state index contributed by atoms with van der Waals surface area (Å²) >= 11 is 1.40. The van der Waals surface area contributed by atoms with Gasteiger partial charge in [-0.15, -0.1) is 16.8 Å². The highest BCUT2D eigenvalue weighted by Crippen LogP contribution is 2.23. The molecule has 0 spiro atoms. The minimum Gasteiger partial charge on any atom is -0.325 e. The number of hydrogen-bond acceptors (Lipinski definition) is 4. The van der Waals surface area contributed by atoms with E-state index in [1.54, 1.807) is 6.08 Å². The second kappa shape index (κ2) is 7.97. The lowest BCUT2D eigenvalue weighted by atomic mass is 10.1. The summed E-state index contributed by atoms with van der Waals surface area (Å²) in [6.45, 7) is 10.2. The molecule has 1 atom stereocenters. The molecule has 2 rings (SSSR count). The Morgan fingerprint density at radius 2 is 2.09 bits per heavy atom. The summed E-state index contributed by atoms with van der Waals surface area (Å²) in [5, 5.41) is 11.6. The number of rotatable bonds is 7. The predicted molar refractivity (Wildman–Crippen MR) is 94.7 cm³/mol. The SMILES string of the molecule is C=CCn1c(C)nnc1SC(C)C(=O)Nc1ccc(CC)cc1. The quantitative estimate of drug-likeness (QED) is 0.624. The molecule has 0 saturated carbocycles. The number of nitrogens with zero attached hydrogens (tertiary/aromatic N) is 3. The number of anilines is 1. The van der Waals surface area contributed by atoms with E-state index in [0.29, 0.717) is 6.54 Å². The van der Waals surface area contributed by atoms with Crippen molar-refractivity contribution < 1.29 is 4.79 Å². The van der Waals surface area contributed by atoms with Gasteiger partial charge in [0.1, 0.15) is 5.82 Å². The third-order valence-electron chi connectivity index (χ3n) is 3.49. The number of amides is 1. The molecular formula is C17H22N4OS. The van der Waals surface area contributed by atoms with E-state index >= 15 is 0 Å². The number of benzene rings is 1. The molecular weight excluding hydrogens is 308 g/mol. The second-order valence-electron chi connectivity index (χ2n) is 5.23. The molecule has 0 aliphatic heterocycles. The van der Waals surface area contributed by atoms with Crippen LogP contribution in [0, 0.1) is 6.92 Å². The van der Waals surface area contributed by atoms with Crippen LogP contribution in [0.1, 0.15) is 25.2 Å². The lowest BCUT2D eigenvalue weighted by Gasteiger charge is -2.12. The van der Waals surface area contributed by atoms with Gasteiger partial charge in [0.15, 0.2) is 5.16 Å². The number of nitrogens with one attached hydrogen (secondary N) is 1. The maximum atomic E-state index is 12.3. The van der Waals surface area contributed by atoms with E-state index in [2.05, 4.69) is 29.0 Å². The molecule has 0 aliphatic carbocycles. The summed E-state index contributed by atoms with van der Waals surface area (Å²) in [5.41, 5.74) is 2.06. The first-order valence-electron chi connectivity index (χ1n) is 7.62. The molecule has 0 radical (unpaired) electrons. The van der Waals surface area contributed by atoms with E-state index in [-0.39, 0.29) is 11.2 Å². The monoisotopic (exact) mass is 330 g/mol. The fraction of sp³-hybridized carbons (Fsp3) is 0.353.